The highest BCUT2D eigenvalue weighted by molar-refractivity contribution is 7.17. The van der Waals surface area contributed by atoms with Crippen LogP contribution in [0.2, 0.25) is 5.02 Å². The average molecular weight is 940 g/mol. The highest BCUT2D eigenvalue weighted by Gasteiger charge is 2.28. The Morgan fingerprint density at radius 3 is 1.43 bits per heavy atom. The maximum atomic E-state index is 8.13. The number of thiophene rings is 1. The molecule has 0 N–H and O–H groups in total. The number of hydrogen-bond acceptors (Lipinski definition) is 3. The predicted octanol–water partition coefficient (Wildman–Crippen LogP) is 20.6. The monoisotopic (exact) mass is 938 g/mol. The van der Waals surface area contributed by atoms with Gasteiger partial charge in [-0.15, -0.1) is 11.3 Å². The molecule has 2 nitrogen and oxygen atoms in total. The van der Waals surface area contributed by atoms with Gasteiger partial charge in [0.1, 0.15) is 0 Å². The molecule has 9 aromatic carbocycles. The minimum absolute atomic E-state index is 0.00933. The van der Waals surface area contributed by atoms with Gasteiger partial charge in [0.15, 0.2) is 0 Å². The van der Waals surface area contributed by atoms with E-state index in [1.165, 1.54) is 64.7 Å². The molecule has 0 fully saturated rings. The lowest BCUT2D eigenvalue weighted by molar-refractivity contribution is 0.590. The molecule has 1 heterocycles. The molecule has 69 heavy (non-hydrogen) atoms. The maximum absolute atomic E-state index is 8.13. The normalized spacial score (nSPS) is 12.5. The third kappa shape index (κ3) is 8.59. The lowest BCUT2D eigenvalue weighted by atomic mass is 9.84. The summed E-state index contributed by atoms with van der Waals surface area (Å²) in [5.74, 6) is 0.391. The van der Waals surface area contributed by atoms with Crippen LogP contribution >= 0.6 is 22.9 Å². The number of fused-ring (bicyclic) bond motifs is 7. The maximum Gasteiger partial charge on any atom is 0.0887 e. The zero-order valence-electron chi connectivity index (χ0n) is 42.0. The molecule has 346 valence electrons. The molecule has 1 aromatic heterocycles. The molecule has 0 unspecified atom stereocenters. The highest BCUT2D eigenvalue weighted by atomic mass is 35.5. The zero-order valence-corrected chi connectivity index (χ0v) is 43.6. The van der Waals surface area contributed by atoms with Gasteiger partial charge in [-0.1, -0.05) is 191 Å². The van der Waals surface area contributed by atoms with Crippen molar-refractivity contribution in [3.8, 4) is 11.1 Å². The predicted molar refractivity (Wildman–Crippen MR) is 304 cm³/mol. The van der Waals surface area contributed by atoms with E-state index >= 15 is 0 Å². The lowest BCUT2D eigenvalue weighted by Gasteiger charge is -2.33. The fourth-order valence-corrected chi connectivity index (χ4v) is 11.2. The Morgan fingerprint density at radius 1 is 0.406 bits per heavy atom. The Labute approximate surface area is 418 Å². The van der Waals surface area contributed by atoms with Crippen molar-refractivity contribution in [1.29, 1.82) is 0 Å². The Kier molecular flexibility index (Phi) is 11.8. The van der Waals surface area contributed by atoms with Crippen LogP contribution in [0.1, 0.15) is 104 Å². The molecule has 0 spiro atoms. The minimum Gasteiger partial charge on any atom is -0.308 e. The summed E-state index contributed by atoms with van der Waals surface area (Å²) in [6.45, 7) is 25.1. The molecule has 4 heteroatoms. The molecule has 0 aliphatic rings. The van der Waals surface area contributed by atoms with Crippen LogP contribution in [0.3, 0.4) is 0 Å². The quantitative estimate of drug-likeness (QED) is 0.140. The summed E-state index contributed by atoms with van der Waals surface area (Å²) in [5.41, 5.74) is 13.4. The van der Waals surface area contributed by atoms with Crippen molar-refractivity contribution in [2.24, 2.45) is 0 Å². The fourth-order valence-electron chi connectivity index (χ4n) is 9.95. The van der Waals surface area contributed by atoms with Crippen molar-refractivity contribution >= 4 is 99.5 Å². The van der Waals surface area contributed by atoms with E-state index in [2.05, 4.69) is 261 Å². The molecule has 0 atom stereocenters. The third-order valence-corrected chi connectivity index (χ3v) is 15.4. The number of hydrogen-bond donors (Lipinski definition) is 0. The Morgan fingerprint density at radius 2 is 0.884 bits per heavy atom. The zero-order chi connectivity index (χ0) is 48.6. The number of benzene rings is 9. The highest BCUT2D eigenvalue weighted by Crippen LogP contribution is 2.52. The van der Waals surface area contributed by atoms with Crippen LogP contribution in [0.4, 0.5) is 34.1 Å². The van der Waals surface area contributed by atoms with E-state index in [1.807, 2.05) is 0 Å². The first-order valence-electron chi connectivity index (χ1n) is 24.5. The van der Waals surface area contributed by atoms with Crippen LogP contribution in [0, 0.1) is 0 Å². The molecule has 10 rings (SSSR count). The number of nitrogens with zero attached hydrogens (tertiary/aromatic N) is 2. The van der Waals surface area contributed by atoms with Crippen LogP contribution in [-0.4, -0.2) is 0 Å². The molecule has 0 saturated heterocycles. The van der Waals surface area contributed by atoms with Crippen molar-refractivity contribution in [1.82, 2.24) is 0 Å². The summed E-state index contributed by atoms with van der Waals surface area (Å²) >= 11 is 9.91. The molecule has 10 aromatic rings. The molecular formula is C65H63ClN2S. The summed E-state index contributed by atoms with van der Waals surface area (Å²) in [7, 11) is 0. The van der Waals surface area contributed by atoms with Crippen LogP contribution < -0.4 is 9.80 Å². The van der Waals surface area contributed by atoms with Gasteiger partial charge in [0.25, 0.3) is 0 Å². The van der Waals surface area contributed by atoms with Gasteiger partial charge in [0.05, 0.1) is 27.8 Å². The van der Waals surface area contributed by atoms with Crippen molar-refractivity contribution in [3.05, 3.63) is 203 Å². The smallest absolute Gasteiger partial charge is 0.0887 e. The van der Waals surface area contributed by atoms with Crippen LogP contribution in [0.15, 0.2) is 175 Å². The van der Waals surface area contributed by atoms with Gasteiger partial charge >= 0.3 is 0 Å². The summed E-state index contributed by atoms with van der Waals surface area (Å²) in [5, 5.41) is 11.7. The first kappa shape index (κ1) is 46.3. The molecular weight excluding hydrogens is 876 g/mol. The van der Waals surface area contributed by atoms with Gasteiger partial charge in [-0.3, -0.25) is 0 Å². The van der Waals surface area contributed by atoms with Crippen molar-refractivity contribution < 1.29 is 0 Å². The summed E-state index contributed by atoms with van der Waals surface area (Å²) < 4.78 is 1.24. The van der Waals surface area contributed by atoms with E-state index < -0.39 is 0 Å². The van der Waals surface area contributed by atoms with E-state index in [0.29, 0.717) is 10.9 Å². The van der Waals surface area contributed by atoms with Crippen molar-refractivity contribution in [3.63, 3.8) is 0 Å². The molecule has 0 radical (unpaired) electrons. The summed E-state index contributed by atoms with van der Waals surface area (Å²) in [6, 6.07) is 63.4. The van der Waals surface area contributed by atoms with E-state index in [4.69, 9.17) is 11.6 Å². The van der Waals surface area contributed by atoms with Crippen molar-refractivity contribution in [2.75, 3.05) is 9.80 Å². The van der Waals surface area contributed by atoms with Crippen LogP contribution in [0.5, 0.6) is 0 Å². The number of anilines is 6. The van der Waals surface area contributed by atoms with Gasteiger partial charge in [-0.25, -0.2) is 0 Å². The third-order valence-electron chi connectivity index (χ3n) is 14.1. The molecule has 0 aliphatic carbocycles. The van der Waals surface area contributed by atoms with Crippen LogP contribution in [-0.2, 0) is 16.2 Å². The van der Waals surface area contributed by atoms with Gasteiger partial charge < -0.3 is 9.80 Å². The summed E-state index contributed by atoms with van der Waals surface area (Å²) in [6.07, 6.45) is 0. The first-order valence-corrected chi connectivity index (χ1v) is 25.7. The second-order valence-electron chi connectivity index (χ2n) is 22.2. The van der Waals surface area contributed by atoms with Crippen LogP contribution in [0.25, 0.3) is 53.5 Å². The molecule has 0 bridgehead atoms. The molecule has 0 saturated carbocycles. The second-order valence-corrected chi connectivity index (χ2v) is 23.5. The largest absolute Gasteiger partial charge is 0.308 e. The molecule has 0 amide bonds. The van der Waals surface area contributed by atoms with E-state index in [1.54, 1.807) is 11.3 Å². The Balaban J connectivity index is 1.24. The van der Waals surface area contributed by atoms with Gasteiger partial charge in [0, 0.05) is 32.4 Å². The Hall–Kier alpha value is -6.39. The molecule has 0 aliphatic heterocycles. The fraction of sp³-hybridized carbons (Fsp3) is 0.231. The van der Waals surface area contributed by atoms with Gasteiger partial charge in [-0.05, 0) is 149 Å². The van der Waals surface area contributed by atoms with Gasteiger partial charge in [0.2, 0.25) is 0 Å². The second kappa shape index (κ2) is 17.5. The first-order chi connectivity index (χ1) is 32.9. The summed E-state index contributed by atoms with van der Waals surface area (Å²) in [4.78, 5) is 4.77. The SMILES string of the molecule is CC(C)c1ccc(N(c2ccc(C(C)(C)C)cc2-c2ccc3c4ccccc4c4ccccc4c3c2)c2cccc(N(c3ccc(C(C)(C)C)cc3)c3csc4ccc(C(C)(C)C)cc34)c2Cl)cc1. The van der Waals surface area contributed by atoms with Gasteiger partial charge in [-0.2, -0.15) is 0 Å². The standard InChI is InChI=1S/C65H63ClN2S/c1-41(2)42-23-30-47(31-24-42)67(57-35-28-45(64(6,7)8)38-54(57)43-25-34-53-51-19-13-12-17-49(51)50-18-14-15-20-52(50)55(53)37-43)58-21-16-22-59(62(58)66)68(48-32-26-44(27-33-48)63(3,4)5)60-40-69-61-36-29-46(39-56(60)61)65(9,10)11/h12-41H,1-11H3. The lowest BCUT2D eigenvalue weighted by Crippen LogP contribution is -2.17. The van der Waals surface area contributed by atoms with Crippen molar-refractivity contribution in [2.45, 2.75) is 98.3 Å². The van der Waals surface area contributed by atoms with E-state index in [0.717, 1.165) is 45.3 Å². The number of rotatable bonds is 8. The average Bonchev–Trinajstić information content (AvgIpc) is 3.75. The number of halogens is 1. The topological polar surface area (TPSA) is 6.48 Å². The minimum atomic E-state index is -0.0897. The van der Waals surface area contributed by atoms with E-state index in [9.17, 15) is 0 Å². The Bertz CT molecular complexity index is 3500. The van der Waals surface area contributed by atoms with E-state index in [-0.39, 0.29) is 16.2 Å².